The molecule has 0 aliphatic carbocycles. The molecular weight excluding hydrogens is 196 g/mol. The van der Waals surface area contributed by atoms with Crippen LogP contribution in [0.3, 0.4) is 0 Å². The Bertz CT molecular complexity index is 81.7. The van der Waals surface area contributed by atoms with E-state index in [9.17, 15) is 0 Å². The Morgan fingerprint density at radius 2 is 2.50 bits per heavy atom. The van der Waals surface area contributed by atoms with Gasteiger partial charge in [-0.25, -0.2) is 0 Å². The Labute approximate surface area is 70.0 Å². The highest BCUT2D eigenvalue weighted by molar-refractivity contribution is 9.09. The molecule has 60 valence electrons. The molecule has 1 fully saturated rings. The number of ether oxygens (including phenoxy) is 2. The van der Waals surface area contributed by atoms with Gasteiger partial charge in [0.2, 0.25) is 0 Å². The first-order chi connectivity index (χ1) is 4.93. The summed E-state index contributed by atoms with van der Waals surface area (Å²) in [6.45, 7) is 2.53. The average Bonchev–Trinajstić information content (AvgIpc) is 2.41. The van der Waals surface area contributed by atoms with E-state index >= 15 is 0 Å². The normalized spacial score (nSPS) is 25.5. The Kier molecular flexibility index (Phi) is 4.34. The van der Waals surface area contributed by atoms with Gasteiger partial charge in [0.25, 0.3) is 0 Å². The van der Waals surface area contributed by atoms with Crippen molar-refractivity contribution in [3.05, 3.63) is 0 Å². The summed E-state index contributed by atoms with van der Waals surface area (Å²) in [6.07, 6.45) is 2.54. The Balaban J connectivity index is 1.91. The highest BCUT2D eigenvalue weighted by Gasteiger charge is 2.14. The smallest absolute Gasteiger partial charge is 0.0830 e. The van der Waals surface area contributed by atoms with E-state index < -0.39 is 0 Å². The zero-order valence-electron chi connectivity index (χ0n) is 6.01. The van der Waals surface area contributed by atoms with Crippen LogP contribution in [0.15, 0.2) is 0 Å². The molecule has 1 atom stereocenters. The molecule has 0 N–H and O–H groups in total. The fourth-order valence-electron chi connectivity index (χ4n) is 0.949. The molecule has 10 heavy (non-hydrogen) atoms. The maximum Gasteiger partial charge on any atom is 0.0830 e. The summed E-state index contributed by atoms with van der Waals surface area (Å²) >= 11 is 3.35. The van der Waals surface area contributed by atoms with E-state index in [0.717, 1.165) is 38.0 Å². The largest absolute Gasteiger partial charge is 0.379 e. The second-order valence-corrected chi connectivity index (χ2v) is 3.19. The van der Waals surface area contributed by atoms with Gasteiger partial charge in [-0.3, -0.25) is 0 Å². The molecule has 0 bridgehead atoms. The molecule has 0 saturated carbocycles. The Hall–Kier alpha value is 0.400. The standard InChI is InChI=1S/C7H13BrO2/c8-3-1-4-10-7-2-5-9-6-7/h7H,1-6H2. The van der Waals surface area contributed by atoms with Gasteiger partial charge in [-0.1, -0.05) is 15.9 Å². The molecule has 0 aromatic rings. The number of halogens is 1. The molecule has 1 saturated heterocycles. The van der Waals surface area contributed by atoms with Gasteiger partial charge in [-0.2, -0.15) is 0 Å². The molecule has 1 unspecified atom stereocenters. The van der Waals surface area contributed by atoms with Crippen LogP contribution in [-0.4, -0.2) is 31.3 Å². The van der Waals surface area contributed by atoms with Crippen molar-refractivity contribution >= 4 is 15.9 Å². The van der Waals surface area contributed by atoms with E-state index in [1.165, 1.54) is 0 Å². The first-order valence-corrected chi connectivity index (χ1v) is 4.81. The summed E-state index contributed by atoms with van der Waals surface area (Å²) in [5, 5.41) is 1.03. The zero-order valence-corrected chi connectivity index (χ0v) is 7.60. The fraction of sp³-hybridized carbons (Fsp3) is 1.00. The van der Waals surface area contributed by atoms with E-state index in [2.05, 4.69) is 15.9 Å². The van der Waals surface area contributed by atoms with Crippen LogP contribution in [0.1, 0.15) is 12.8 Å². The summed E-state index contributed by atoms with van der Waals surface area (Å²) in [7, 11) is 0. The van der Waals surface area contributed by atoms with Crippen molar-refractivity contribution in [2.75, 3.05) is 25.2 Å². The number of hydrogen-bond acceptors (Lipinski definition) is 2. The van der Waals surface area contributed by atoms with Gasteiger partial charge in [0.1, 0.15) is 0 Å². The molecule has 0 spiro atoms. The van der Waals surface area contributed by atoms with Crippen LogP contribution in [0.2, 0.25) is 0 Å². The van der Waals surface area contributed by atoms with E-state index in [0.29, 0.717) is 6.10 Å². The third-order valence-electron chi connectivity index (χ3n) is 1.52. The van der Waals surface area contributed by atoms with Crippen LogP contribution in [-0.2, 0) is 9.47 Å². The maximum absolute atomic E-state index is 5.49. The molecule has 0 amide bonds. The first-order valence-electron chi connectivity index (χ1n) is 3.69. The molecule has 0 radical (unpaired) electrons. The second kappa shape index (κ2) is 5.10. The zero-order chi connectivity index (χ0) is 7.23. The molecule has 1 aliphatic heterocycles. The summed E-state index contributed by atoms with van der Waals surface area (Å²) in [6, 6.07) is 0. The minimum Gasteiger partial charge on any atom is -0.379 e. The molecule has 3 heteroatoms. The van der Waals surface area contributed by atoms with Crippen molar-refractivity contribution < 1.29 is 9.47 Å². The number of rotatable bonds is 4. The van der Waals surface area contributed by atoms with Gasteiger partial charge in [0, 0.05) is 18.5 Å². The third-order valence-corrected chi connectivity index (χ3v) is 2.08. The fourth-order valence-corrected chi connectivity index (χ4v) is 1.18. The maximum atomic E-state index is 5.49. The number of hydrogen-bond donors (Lipinski definition) is 0. The van der Waals surface area contributed by atoms with Crippen molar-refractivity contribution in [3.8, 4) is 0 Å². The minimum absolute atomic E-state index is 0.374. The van der Waals surface area contributed by atoms with Gasteiger partial charge in [-0.15, -0.1) is 0 Å². The molecule has 0 aromatic carbocycles. The van der Waals surface area contributed by atoms with E-state index in [1.807, 2.05) is 0 Å². The van der Waals surface area contributed by atoms with Crippen LogP contribution >= 0.6 is 15.9 Å². The second-order valence-electron chi connectivity index (χ2n) is 2.40. The third kappa shape index (κ3) is 2.99. The summed E-state index contributed by atoms with van der Waals surface area (Å²) < 4.78 is 10.6. The highest BCUT2D eigenvalue weighted by Crippen LogP contribution is 2.08. The van der Waals surface area contributed by atoms with Crippen LogP contribution in [0.25, 0.3) is 0 Å². The molecule has 0 aromatic heterocycles. The molecule has 1 heterocycles. The van der Waals surface area contributed by atoms with Gasteiger partial charge in [0.05, 0.1) is 12.7 Å². The van der Waals surface area contributed by atoms with Gasteiger partial charge in [0.15, 0.2) is 0 Å². The quantitative estimate of drug-likeness (QED) is 0.517. The SMILES string of the molecule is BrCCCOC1CCOC1. The van der Waals surface area contributed by atoms with E-state index in [1.54, 1.807) is 0 Å². The lowest BCUT2D eigenvalue weighted by atomic mass is 10.3. The van der Waals surface area contributed by atoms with Crippen molar-refractivity contribution in [2.45, 2.75) is 18.9 Å². The summed E-state index contributed by atoms with van der Waals surface area (Å²) in [5.41, 5.74) is 0. The lowest BCUT2D eigenvalue weighted by molar-refractivity contribution is 0.0437. The molecule has 1 rings (SSSR count). The monoisotopic (exact) mass is 208 g/mol. The molecule has 1 aliphatic rings. The van der Waals surface area contributed by atoms with Crippen molar-refractivity contribution in [1.82, 2.24) is 0 Å². The lowest BCUT2D eigenvalue weighted by Gasteiger charge is -2.07. The van der Waals surface area contributed by atoms with Crippen molar-refractivity contribution in [1.29, 1.82) is 0 Å². The summed E-state index contributed by atoms with van der Waals surface area (Å²) in [5.74, 6) is 0. The predicted molar refractivity (Wildman–Crippen MR) is 43.6 cm³/mol. The van der Waals surface area contributed by atoms with Gasteiger partial charge >= 0.3 is 0 Å². The predicted octanol–water partition coefficient (Wildman–Crippen LogP) is 1.58. The van der Waals surface area contributed by atoms with Crippen LogP contribution in [0.5, 0.6) is 0 Å². The Morgan fingerprint density at radius 3 is 3.10 bits per heavy atom. The van der Waals surface area contributed by atoms with Crippen molar-refractivity contribution in [2.24, 2.45) is 0 Å². The molecular formula is C7H13BrO2. The first kappa shape index (κ1) is 8.50. The lowest BCUT2D eigenvalue weighted by Crippen LogP contribution is -2.13. The van der Waals surface area contributed by atoms with E-state index in [4.69, 9.17) is 9.47 Å². The van der Waals surface area contributed by atoms with Crippen LogP contribution in [0, 0.1) is 0 Å². The minimum atomic E-state index is 0.374. The van der Waals surface area contributed by atoms with E-state index in [-0.39, 0.29) is 0 Å². The average molecular weight is 209 g/mol. The van der Waals surface area contributed by atoms with Crippen LogP contribution in [0.4, 0.5) is 0 Å². The highest BCUT2D eigenvalue weighted by atomic mass is 79.9. The summed E-state index contributed by atoms with van der Waals surface area (Å²) in [4.78, 5) is 0. The van der Waals surface area contributed by atoms with Crippen LogP contribution < -0.4 is 0 Å². The van der Waals surface area contributed by atoms with Crippen molar-refractivity contribution in [3.63, 3.8) is 0 Å². The van der Waals surface area contributed by atoms with Gasteiger partial charge < -0.3 is 9.47 Å². The number of alkyl halides is 1. The topological polar surface area (TPSA) is 18.5 Å². The molecule has 2 nitrogen and oxygen atoms in total. The Morgan fingerprint density at radius 1 is 1.60 bits per heavy atom. The van der Waals surface area contributed by atoms with Gasteiger partial charge in [-0.05, 0) is 12.8 Å².